The van der Waals surface area contributed by atoms with E-state index in [2.05, 4.69) is 4.57 Å². The van der Waals surface area contributed by atoms with Gasteiger partial charge in [-0.25, -0.2) is 0 Å². The van der Waals surface area contributed by atoms with Crippen molar-refractivity contribution in [1.29, 1.82) is 0 Å². The first-order valence-electron chi connectivity index (χ1n) is 7.21. The number of hydrogen-bond acceptors (Lipinski definition) is 2. The molecule has 102 valence electrons. The van der Waals surface area contributed by atoms with Crippen molar-refractivity contribution < 1.29 is 9.59 Å². The molecule has 1 aromatic rings. The molecular formula is C15H20N2O2. The van der Waals surface area contributed by atoms with Crippen LogP contribution in [0, 0.1) is 5.92 Å². The molecule has 0 bridgehead atoms. The van der Waals surface area contributed by atoms with Crippen molar-refractivity contribution >= 4 is 12.2 Å². The summed E-state index contributed by atoms with van der Waals surface area (Å²) in [5, 5.41) is 0. The molecule has 1 fully saturated rings. The number of amides is 1. The lowest BCUT2D eigenvalue weighted by molar-refractivity contribution is -0.135. The fourth-order valence-corrected chi connectivity index (χ4v) is 3.31. The second-order valence-corrected chi connectivity index (χ2v) is 5.67. The Kier molecular flexibility index (Phi) is 3.40. The van der Waals surface area contributed by atoms with Gasteiger partial charge < -0.3 is 9.47 Å². The third-order valence-electron chi connectivity index (χ3n) is 4.34. The van der Waals surface area contributed by atoms with Crippen LogP contribution in [0.2, 0.25) is 0 Å². The molecule has 1 saturated carbocycles. The van der Waals surface area contributed by atoms with Gasteiger partial charge in [0.05, 0.1) is 6.54 Å². The van der Waals surface area contributed by atoms with Gasteiger partial charge in [-0.2, -0.15) is 0 Å². The fourth-order valence-electron chi connectivity index (χ4n) is 3.31. The summed E-state index contributed by atoms with van der Waals surface area (Å²) in [6.45, 7) is 2.40. The van der Waals surface area contributed by atoms with Crippen LogP contribution in [-0.2, 0) is 17.9 Å². The summed E-state index contributed by atoms with van der Waals surface area (Å²) in [4.78, 5) is 25.3. The maximum absolute atomic E-state index is 12.5. The van der Waals surface area contributed by atoms with Crippen molar-refractivity contribution in [2.45, 2.75) is 45.2 Å². The minimum atomic E-state index is 0.243. The minimum absolute atomic E-state index is 0.243. The minimum Gasteiger partial charge on any atom is -0.349 e. The van der Waals surface area contributed by atoms with Crippen molar-refractivity contribution in [3.8, 4) is 0 Å². The van der Waals surface area contributed by atoms with Crippen LogP contribution in [0.1, 0.15) is 48.2 Å². The molecule has 2 heterocycles. The van der Waals surface area contributed by atoms with Gasteiger partial charge in [0.15, 0.2) is 6.29 Å². The Morgan fingerprint density at radius 1 is 1.21 bits per heavy atom. The molecule has 1 aliphatic carbocycles. The van der Waals surface area contributed by atoms with E-state index >= 15 is 0 Å². The van der Waals surface area contributed by atoms with Crippen molar-refractivity contribution in [3.63, 3.8) is 0 Å². The SMILES string of the molecule is O=Cc1cc2n(c1)CCCN(C(=O)C1CCCC1)C2. The van der Waals surface area contributed by atoms with Gasteiger partial charge in [0.2, 0.25) is 5.91 Å². The van der Waals surface area contributed by atoms with Crippen molar-refractivity contribution in [3.05, 3.63) is 23.5 Å². The van der Waals surface area contributed by atoms with Gasteiger partial charge in [-0.05, 0) is 25.3 Å². The van der Waals surface area contributed by atoms with E-state index in [0.29, 0.717) is 18.0 Å². The molecule has 4 nitrogen and oxygen atoms in total. The first kappa shape index (κ1) is 12.5. The average molecular weight is 260 g/mol. The van der Waals surface area contributed by atoms with E-state index < -0.39 is 0 Å². The quantitative estimate of drug-likeness (QED) is 0.765. The maximum atomic E-state index is 12.5. The molecule has 2 aliphatic rings. The zero-order valence-corrected chi connectivity index (χ0v) is 11.2. The summed E-state index contributed by atoms with van der Waals surface area (Å²) >= 11 is 0. The highest BCUT2D eigenvalue weighted by molar-refractivity contribution is 5.79. The zero-order chi connectivity index (χ0) is 13.2. The predicted molar refractivity (Wildman–Crippen MR) is 71.8 cm³/mol. The van der Waals surface area contributed by atoms with Gasteiger partial charge in [-0.15, -0.1) is 0 Å². The summed E-state index contributed by atoms with van der Waals surface area (Å²) < 4.78 is 2.12. The van der Waals surface area contributed by atoms with Gasteiger partial charge >= 0.3 is 0 Å². The first-order chi connectivity index (χ1) is 9.28. The lowest BCUT2D eigenvalue weighted by Gasteiger charge is -2.23. The Morgan fingerprint density at radius 3 is 2.74 bits per heavy atom. The molecule has 1 amide bonds. The number of aryl methyl sites for hydroxylation is 1. The second-order valence-electron chi connectivity index (χ2n) is 5.67. The van der Waals surface area contributed by atoms with Gasteiger partial charge in [-0.3, -0.25) is 9.59 Å². The van der Waals surface area contributed by atoms with Crippen LogP contribution in [-0.4, -0.2) is 28.2 Å². The Hall–Kier alpha value is -1.58. The molecule has 19 heavy (non-hydrogen) atoms. The molecule has 0 atom stereocenters. The highest BCUT2D eigenvalue weighted by atomic mass is 16.2. The van der Waals surface area contributed by atoms with E-state index in [1.807, 2.05) is 17.2 Å². The normalized spacial score (nSPS) is 20.1. The first-order valence-corrected chi connectivity index (χ1v) is 7.21. The lowest BCUT2D eigenvalue weighted by atomic mass is 10.1. The Labute approximate surface area is 113 Å². The molecule has 0 N–H and O–H groups in total. The third-order valence-corrected chi connectivity index (χ3v) is 4.34. The number of aromatic nitrogens is 1. The Bertz CT molecular complexity index is 486. The van der Waals surface area contributed by atoms with Gasteiger partial charge in [-0.1, -0.05) is 12.8 Å². The number of aldehydes is 1. The number of fused-ring (bicyclic) bond motifs is 1. The van der Waals surface area contributed by atoms with Crippen LogP contribution < -0.4 is 0 Å². The molecule has 1 aromatic heterocycles. The molecule has 0 unspecified atom stereocenters. The van der Waals surface area contributed by atoms with Gasteiger partial charge in [0.25, 0.3) is 0 Å². The standard InChI is InChI=1S/C15H20N2O2/c18-11-12-8-14-10-17(7-3-6-16(14)9-12)15(19)13-4-1-2-5-13/h8-9,11,13H,1-7,10H2. The Morgan fingerprint density at radius 2 is 2.00 bits per heavy atom. The van der Waals surface area contributed by atoms with Crippen LogP contribution in [0.25, 0.3) is 0 Å². The topological polar surface area (TPSA) is 42.3 Å². The second kappa shape index (κ2) is 5.19. The molecule has 0 spiro atoms. The van der Waals surface area contributed by atoms with E-state index in [4.69, 9.17) is 0 Å². The lowest BCUT2D eigenvalue weighted by Crippen LogP contribution is -2.35. The number of carbonyl (C=O) groups is 2. The summed E-state index contributed by atoms with van der Waals surface area (Å²) in [6, 6.07) is 1.91. The molecule has 0 saturated heterocycles. The maximum Gasteiger partial charge on any atom is 0.226 e. The van der Waals surface area contributed by atoms with Gasteiger partial charge in [0.1, 0.15) is 0 Å². The van der Waals surface area contributed by atoms with Crippen LogP contribution in [0.3, 0.4) is 0 Å². The van der Waals surface area contributed by atoms with Crippen molar-refractivity contribution in [1.82, 2.24) is 9.47 Å². The Balaban J connectivity index is 1.76. The smallest absolute Gasteiger partial charge is 0.226 e. The highest BCUT2D eigenvalue weighted by Crippen LogP contribution is 2.28. The van der Waals surface area contributed by atoms with E-state index in [1.165, 1.54) is 12.8 Å². The summed E-state index contributed by atoms with van der Waals surface area (Å²) in [5.74, 6) is 0.562. The number of rotatable bonds is 2. The average Bonchev–Trinajstić information content (AvgIpc) is 3.04. The number of nitrogens with zero attached hydrogens (tertiary/aromatic N) is 2. The molecule has 0 radical (unpaired) electrons. The largest absolute Gasteiger partial charge is 0.349 e. The van der Waals surface area contributed by atoms with Crippen LogP contribution in [0.15, 0.2) is 12.3 Å². The molecular weight excluding hydrogens is 240 g/mol. The molecule has 1 aliphatic heterocycles. The summed E-state index contributed by atoms with van der Waals surface area (Å²) in [7, 11) is 0. The molecule has 3 rings (SSSR count). The van der Waals surface area contributed by atoms with Crippen molar-refractivity contribution in [2.75, 3.05) is 6.54 Å². The van der Waals surface area contributed by atoms with E-state index in [-0.39, 0.29) is 5.92 Å². The molecule has 0 aromatic carbocycles. The van der Waals surface area contributed by atoms with Crippen LogP contribution in [0.5, 0.6) is 0 Å². The predicted octanol–water partition coefficient (Wildman–Crippen LogP) is 2.22. The third kappa shape index (κ3) is 2.44. The molecule has 4 heteroatoms. The fraction of sp³-hybridized carbons (Fsp3) is 0.600. The monoisotopic (exact) mass is 260 g/mol. The van der Waals surface area contributed by atoms with E-state index in [0.717, 1.165) is 44.3 Å². The summed E-state index contributed by atoms with van der Waals surface area (Å²) in [5.41, 5.74) is 1.80. The number of hydrogen-bond donors (Lipinski definition) is 0. The zero-order valence-electron chi connectivity index (χ0n) is 11.2. The summed E-state index contributed by atoms with van der Waals surface area (Å²) in [6.07, 6.45) is 8.23. The van der Waals surface area contributed by atoms with Crippen molar-refractivity contribution in [2.24, 2.45) is 5.92 Å². The van der Waals surface area contributed by atoms with E-state index in [9.17, 15) is 9.59 Å². The van der Waals surface area contributed by atoms with Crippen LogP contribution >= 0.6 is 0 Å². The van der Waals surface area contributed by atoms with Gasteiger partial charge in [0, 0.05) is 36.5 Å². The highest BCUT2D eigenvalue weighted by Gasteiger charge is 2.28. The number of carbonyl (C=O) groups excluding carboxylic acids is 2. The van der Waals surface area contributed by atoms with E-state index in [1.54, 1.807) is 0 Å². The van der Waals surface area contributed by atoms with Crippen LogP contribution in [0.4, 0.5) is 0 Å².